The van der Waals surface area contributed by atoms with Gasteiger partial charge in [0.05, 0.1) is 18.0 Å². The molecule has 0 bridgehead atoms. The number of nitro groups is 1. The van der Waals surface area contributed by atoms with Crippen LogP contribution in [0.2, 0.25) is 0 Å². The highest BCUT2D eigenvalue weighted by Crippen LogP contribution is 2.14. The lowest BCUT2D eigenvalue weighted by Gasteiger charge is -2.18. The molecule has 9 nitrogen and oxygen atoms in total. The number of benzene rings is 1. The minimum Gasteiger partial charge on any atom is -0.480 e. The van der Waals surface area contributed by atoms with Gasteiger partial charge in [-0.25, -0.2) is 0 Å². The van der Waals surface area contributed by atoms with Gasteiger partial charge >= 0.3 is 11.9 Å². The Morgan fingerprint density at radius 3 is 2.10 bits per heavy atom. The van der Waals surface area contributed by atoms with Crippen molar-refractivity contribution in [1.29, 1.82) is 0 Å². The monoisotopic (exact) mass is 297 g/mol. The molecule has 1 aromatic carbocycles. The van der Waals surface area contributed by atoms with E-state index in [1.54, 1.807) is 0 Å². The van der Waals surface area contributed by atoms with Gasteiger partial charge in [0, 0.05) is 30.9 Å². The molecule has 0 aliphatic carbocycles. The summed E-state index contributed by atoms with van der Waals surface area (Å²) in [6.45, 7) is -0.198. The van der Waals surface area contributed by atoms with Crippen molar-refractivity contribution in [3.63, 3.8) is 0 Å². The quantitative estimate of drug-likeness (QED) is 0.442. The fourth-order valence-electron chi connectivity index (χ4n) is 1.66. The molecule has 114 valence electrons. The first kappa shape index (κ1) is 16.4. The summed E-state index contributed by atoms with van der Waals surface area (Å²) in [5.74, 6) is -2.21. The molecule has 0 aromatic heterocycles. The van der Waals surface area contributed by atoms with Gasteiger partial charge in [-0.15, -0.1) is 0 Å². The number of carboxylic acids is 2. The molecule has 0 amide bonds. The average Bonchev–Trinajstić information content (AvgIpc) is 2.37. The van der Waals surface area contributed by atoms with Crippen molar-refractivity contribution in [2.45, 2.75) is 0 Å². The normalized spacial score (nSPS) is 10.3. The number of nitrogens with one attached hydrogen (secondary N) is 1. The third-order valence-electron chi connectivity index (χ3n) is 2.55. The van der Waals surface area contributed by atoms with Crippen LogP contribution in [0.3, 0.4) is 0 Å². The van der Waals surface area contributed by atoms with E-state index < -0.39 is 16.9 Å². The lowest BCUT2D eigenvalue weighted by Crippen LogP contribution is -2.37. The molecular formula is C12H15N3O6. The van der Waals surface area contributed by atoms with E-state index in [9.17, 15) is 19.7 Å². The minimum absolute atomic E-state index is 0.0288. The first-order valence-corrected chi connectivity index (χ1v) is 6.02. The molecule has 0 atom stereocenters. The van der Waals surface area contributed by atoms with Crippen molar-refractivity contribution in [3.8, 4) is 0 Å². The molecule has 1 aromatic rings. The van der Waals surface area contributed by atoms with E-state index in [4.69, 9.17) is 10.2 Å². The summed E-state index contributed by atoms with van der Waals surface area (Å²) < 4.78 is 0. The van der Waals surface area contributed by atoms with Crippen molar-refractivity contribution in [2.24, 2.45) is 0 Å². The summed E-state index contributed by atoms with van der Waals surface area (Å²) in [7, 11) is 0. The Hall–Kier alpha value is -2.68. The van der Waals surface area contributed by atoms with Crippen LogP contribution in [-0.2, 0) is 9.59 Å². The zero-order valence-corrected chi connectivity index (χ0v) is 11.1. The van der Waals surface area contributed by atoms with Crippen LogP contribution in [0.1, 0.15) is 0 Å². The van der Waals surface area contributed by atoms with Gasteiger partial charge in [-0.2, -0.15) is 0 Å². The number of nitrogens with zero attached hydrogens (tertiary/aromatic N) is 2. The van der Waals surface area contributed by atoms with E-state index >= 15 is 0 Å². The van der Waals surface area contributed by atoms with Gasteiger partial charge in [0.25, 0.3) is 5.69 Å². The van der Waals surface area contributed by atoms with Crippen LogP contribution >= 0.6 is 0 Å². The maximum Gasteiger partial charge on any atom is 0.317 e. The number of anilines is 1. The minimum atomic E-state index is -1.11. The van der Waals surface area contributed by atoms with Crippen molar-refractivity contribution in [3.05, 3.63) is 34.4 Å². The van der Waals surface area contributed by atoms with Crippen LogP contribution < -0.4 is 5.32 Å². The molecule has 3 N–H and O–H groups in total. The van der Waals surface area contributed by atoms with Gasteiger partial charge < -0.3 is 15.5 Å². The molecule has 0 heterocycles. The highest BCUT2D eigenvalue weighted by atomic mass is 16.6. The molecule has 21 heavy (non-hydrogen) atoms. The summed E-state index contributed by atoms with van der Waals surface area (Å²) in [6, 6.07) is 5.73. The first-order chi connectivity index (χ1) is 9.88. The molecule has 0 spiro atoms. The Kier molecular flexibility index (Phi) is 6.08. The van der Waals surface area contributed by atoms with Crippen molar-refractivity contribution in [2.75, 3.05) is 31.5 Å². The van der Waals surface area contributed by atoms with Gasteiger partial charge in [-0.1, -0.05) is 0 Å². The number of hydrogen-bond acceptors (Lipinski definition) is 6. The van der Waals surface area contributed by atoms with Crippen molar-refractivity contribution < 1.29 is 24.7 Å². The van der Waals surface area contributed by atoms with Crippen molar-refractivity contribution >= 4 is 23.3 Å². The summed E-state index contributed by atoms with van der Waals surface area (Å²) >= 11 is 0. The van der Waals surface area contributed by atoms with Crippen LogP contribution in [0.5, 0.6) is 0 Å². The molecule has 0 fully saturated rings. The van der Waals surface area contributed by atoms with Crippen molar-refractivity contribution in [1.82, 2.24) is 4.90 Å². The molecule has 0 radical (unpaired) electrons. The maximum atomic E-state index is 10.6. The highest BCUT2D eigenvalue weighted by Gasteiger charge is 2.12. The Labute approximate surface area is 119 Å². The summed E-state index contributed by atoms with van der Waals surface area (Å²) in [6.07, 6.45) is 0. The summed E-state index contributed by atoms with van der Waals surface area (Å²) in [5.41, 5.74) is 0.602. The van der Waals surface area contributed by atoms with E-state index in [-0.39, 0.29) is 25.3 Å². The molecule has 0 unspecified atom stereocenters. The molecular weight excluding hydrogens is 282 g/mol. The summed E-state index contributed by atoms with van der Waals surface area (Å²) in [4.78, 5) is 32.5. The molecule has 0 saturated carbocycles. The zero-order valence-electron chi connectivity index (χ0n) is 11.1. The third kappa shape index (κ3) is 6.34. The number of rotatable bonds is 9. The van der Waals surface area contributed by atoms with Crippen LogP contribution in [0.25, 0.3) is 0 Å². The van der Waals surface area contributed by atoms with Crippen LogP contribution in [0, 0.1) is 10.1 Å². The highest BCUT2D eigenvalue weighted by molar-refractivity contribution is 5.72. The lowest BCUT2D eigenvalue weighted by molar-refractivity contribution is -0.384. The third-order valence-corrected chi connectivity index (χ3v) is 2.55. The van der Waals surface area contributed by atoms with E-state index in [1.807, 2.05) is 0 Å². The van der Waals surface area contributed by atoms with Gasteiger partial charge in [0.2, 0.25) is 0 Å². The number of carboxylic acid groups (broad SMARTS) is 2. The molecule has 0 aliphatic rings. The maximum absolute atomic E-state index is 10.6. The SMILES string of the molecule is O=C(O)CN(CCNc1ccc([N+](=O)[O-])cc1)CC(=O)O. The van der Waals surface area contributed by atoms with Crippen LogP contribution in [-0.4, -0.2) is 58.2 Å². The Morgan fingerprint density at radius 1 is 1.14 bits per heavy atom. The predicted octanol–water partition coefficient (Wildman–Crippen LogP) is 0.478. The van der Waals surface area contributed by atoms with Gasteiger partial charge in [0.1, 0.15) is 0 Å². The van der Waals surface area contributed by atoms with E-state index in [1.165, 1.54) is 29.2 Å². The van der Waals surface area contributed by atoms with E-state index in [0.717, 1.165) is 0 Å². The molecule has 1 rings (SSSR count). The summed E-state index contributed by atoms with van der Waals surface area (Å²) in [5, 5.41) is 30.8. The Balaban J connectivity index is 2.47. The predicted molar refractivity (Wildman–Crippen MR) is 73.3 cm³/mol. The topological polar surface area (TPSA) is 133 Å². The second-order valence-corrected chi connectivity index (χ2v) is 4.23. The fraction of sp³-hybridized carbons (Fsp3) is 0.333. The molecule has 0 aliphatic heterocycles. The van der Waals surface area contributed by atoms with Crippen LogP contribution in [0.4, 0.5) is 11.4 Å². The number of non-ortho nitro benzene ring substituents is 1. The Morgan fingerprint density at radius 2 is 1.67 bits per heavy atom. The lowest BCUT2D eigenvalue weighted by atomic mass is 10.3. The van der Waals surface area contributed by atoms with Gasteiger partial charge in [-0.3, -0.25) is 24.6 Å². The molecule has 0 saturated heterocycles. The van der Waals surface area contributed by atoms with E-state index in [2.05, 4.69) is 5.32 Å². The second-order valence-electron chi connectivity index (χ2n) is 4.23. The number of nitro benzene ring substituents is 1. The average molecular weight is 297 g/mol. The number of hydrogen-bond donors (Lipinski definition) is 3. The van der Waals surface area contributed by atoms with Crippen LogP contribution in [0.15, 0.2) is 24.3 Å². The molecule has 9 heteroatoms. The first-order valence-electron chi connectivity index (χ1n) is 6.02. The van der Waals surface area contributed by atoms with Gasteiger partial charge in [0.15, 0.2) is 0 Å². The Bertz CT molecular complexity index is 500. The zero-order chi connectivity index (χ0) is 15.8. The number of aliphatic carboxylic acids is 2. The standard InChI is InChI=1S/C12H15N3O6/c16-11(17)7-14(8-12(18)19)6-5-13-9-1-3-10(4-2-9)15(20)21/h1-4,13H,5-8H2,(H,16,17)(H,18,19). The smallest absolute Gasteiger partial charge is 0.317 e. The fourth-order valence-corrected chi connectivity index (χ4v) is 1.66. The second kappa shape index (κ2) is 7.80. The van der Waals surface area contributed by atoms with Gasteiger partial charge in [-0.05, 0) is 12.1 Å². The van der Waals surface area contributed by atoms with E-state index in [0.29, 0.717) is 12.2 Å². The largest absolute Gasteiger partial charge is 0.480 e. The number of carbonyl (C=O) groups is 2.